The molecule has 0 radical (unpaired) electrons. The van der Waals surface area contributed by atoms with E-state index < -0.39 is 5.15 Å². The van der Waals surface area contributed by atoms with Gasteiger partial charge in [-0.1, -0.05) is 0 Å². The zero-order valence-electron chi connectivity index (χ0n) is 7.23. The number of benzene rings is 1. The normalized spacial score (nSPS) is 16.1. The van der Waals surface area contributed by atoms with E-state index in [0.717, 1.165) is 0 Å². The van der Waals surface area contributed by atoms with Crippen molar-refractivity contribution in [2.24, 2.45) is 0 Å². The molecule has 0 spiro atoms. The predicted octanol–water partition coefficient (Wildman–Crippen LogP) is 2.28. The van der Waals surface area contributed by atoms with Crippen molar-refractivity contribution < 1.29 is 0 Å². The summed E-state index contributed by atoms with van der Waals surface area (Å²) in [6.07, 6.45) is 0. The van der Waals surface area contributed by atoms with Gasteiger partial charge in [0.15, 0.2) is 0 Å². The molecule has 1 unspecified atom stereocenters. The first-order valence-electron chi connectivity index (χ1n) is 3.91. The van der Waals surface area contributed by atoms with Crippen molar-refractivity contribution in [3.05, 3.63) is 30.3 Å². The molecule has 3 heteroatoms. The van der Waals surface area contributed by atoms with Crippen molar-refractivity contribution in [1.29, 1.82) is 0 Å². The van der Waals surface area contributed by atoms with E-state index in [1.165, 1.54) is 5.30 Å². The molecule has 1 rings (SSSR count). The van der Waals surface area contributed by atoms with Crippen molar-refractivity contribution in [3.63, 3.8) is 0 Å². The molecule has 1 atom stereocenters. The van der Waals surface area contributed by atoms with Crippen molar-refractivity contribution >= 4 is 38.3 Å². The molecule has 0 aliphatic rings. The van der Waals surface area contributed by atoms with Crippen molar-refractivity contribution in [3.8, 4) is 0 Å². The fourth-order valence-corrected chi connectivity index (χ4v) is 3.25. The van der Waals surface area contributed by atoms with Crippen LogP contribution in [-0.4, -0.2) is 21.2 Å². The fraction of sp³-hybridized carbons (Fsp3) is 0.333. The van der Waals surface area contributed by atoms with Gasteiger partial charge in [-0.15, -0.1) is 0 Å². The Morgan fingerprint density at radius 1 is 1.25 bits per heavy atom. The van der Waals surface area contributed by atoms with E-state index in [9.17, 15) is 0 Å². The Balaban J connectivity index is 2.98. The van der Waals surface area contributed by atoms with Gasteiger partial charge in [0.2, 0.25) is 0 Å². The molecule has 0 saturated heterocycles. The van der Waals surface area contributed by atoms with Crippen molar-refractivity contribution in [2.75, 3.05) is 0 Å². The Kier molecular flexibility index (Phi) is 3.67. The minimum absolute atomic E-state index is 0.551. The fourth-order valence-electron chi connectivity index (χ4n) is 0.934. The molecule has 0 aromatic heterocycles. The number of hydrogen-bond donors (Lipinski definition) is 0. The van der Waals surface area contributed by atoms with E-state index in [4.69, 9.17) is 12.2 Å². The average Bonchev–Trinajstić information content (AvgIpc) is 2.06. The van der Waals surface area contributed by atoms with Crippen LogP contribution in [0.25, 0.3) is 0 Å². The van der Waals surface area contributed by atoms with Crippen LogP contribution in [0.3, 0.4) is 0 Å². The molecular weight excluding hydrogens is 250 g/mol. The van der Waals surface area contributed by atoms with Gasteiger partial charge >= 0.3 is 88.1 Å². The molecule has 0 nitrogen and oxygen atoms in total. The number of hydrogen-bond acceptors (Lipinski definition) is 1. The van der Waals surface area contributed by atoms with Gasteiger partial charge in [-0.05, 0) is 0 Å². The van der Waals surface area contributed by atoms with Crippen LogP contribution in [0.1, 0.15) is 13.8 Å². The molecule has 0 N–H and O–H groups in total. The summed E-state index contributed by atoms with van der Waals surface area (Å²) in [5.41, 5.74) is 0.551. The first kappa shape index (κ1) is 10.6. The second kappa shape index (κ2) is 4.15. The van der Waals surface area contributed by atoms with Crippen LogP contribution in [0.4, 0.5) is 0 Å². The first-order valence-corrected chi connectivity index (χ1v) is 9.00. The summed E-state index contributed by atoms with van der Waals surface area (Å²) in [5, 5.41) is -0.108. The summed E-state index contributed by atoms with van der Waals surface area (Å²) < 4.78 is 0. The quantitative estimate of drug-likeness (QED) is 0.447. The molecule has 1 aromatic rings. The Morgan fingerprint density at radius 2 is 1.75 bits per heavy atom. The topological polar surface area (TPSA) is 0 Å². The van der Waals surface area contributed by atoms with Crippen LogP contribution >= 0.6 is 5.15 Å². The molecule has 0 aliphatic carbocycles. The molecule has 0 fully saturated rings. The van der Waals surface area contributed by atoms with Gasteiger partial charge in [0.25, 0.3) is 0 Å². The van der Waals surface area contributed by atoms with Crippen LogP contribution in [0, 0.1) is 0 Å². The molecule has 66 valence electrons. The second-order valence-corrected chi connectivity index (χ2v) is 12.7. The van der Waals surface area contributed by atoms with Gasteiger partial charge in [-0.25, -0.2) is 0 Å². The van der Waals surface area contributed by atoms with E-state index in [0.29, 0.717) is 5.66 Å². The summed E-state index contributed by atoms with van der Waals surface area (Å²) in [4.78, 5) is 0. The van der Waals surface area contributed by atoms with E-state index >= 15 is 0 Å². The van der Waals surface area contributed by atoms with Gasteiger partial charge in [0.05, 0.1) is 0 Å². The van der Waals surface area contributed by atoms with Crippen LogP contribution in [-0.2, 0) is 12.2 Å². The summed E-state index contributed by atoms with van der Waals surface area (Å²) in [5.74, 6) is 0. The summed E-state index contributed by atoms with van der Waals surface area (Å²) in [6, 6.07) is 10.4. The predicted molar refractivity (Wildman–Crippen MR) is 61.3 cm³/mol. The first-order chi connectivity index (χ1) is 5.55. The van der Waals surface area contributed by atoms with Crippen LogP contribution < -0.4 is 5.30 Å². The zero-order valence-corrected chi connectivity index (χ0v) is 10.7. The molecule has 0 aliphatic heterocycles. The second-order valence-electron chi connectivity index (χ2n) is 3.03. The van der Waals surface area contributed by atoms with Gasteiger partial charge < -0.3 is 0 Å². The maximum absolute atomic E-state index is 5.59. The van der Waals surface area contributed by atoms with Gasteiger partial charge in [0.1, 0.15) is 0 Å². The zero-order chi connectivity index (χ0) is 9.19. The molecule has 0 saturated carbocycles. The SMILES string of the molecule is CC(C)[P+]([S-])([Se-])c1ccccc1. The molecule has 1 aromatic carbocycles. The Bertz CT molecular complexity index is 246. The summed E-state index contributed by atoms with van der Waals surface area (Å²) >= 11 is 8.78. The van der Waals surface area contributed by atoms with Crippen molar-refractivity contribution in [1.82, 2.24) is 0 Å². The minimum atomic E-state index is -1.41. The third-order valence-electron chi connectivity index (χ3n) is 1.80. The van der Waals surface area contributed by atoms with Crippen molar-refractivity contribution in [2.45, 2.75) is 19.5 Å². The Hall–Kier alpha value is 0.519. The molecule has 0 heterocycles. The summed E-state index contributed by atoms with van der Waals surface area (Å²) in [7, 11) is 0. The van der Waals surface area contributed by atoms with Crippen LogP contribution in [0.5, 0.6) is 0 Å². The average molecular weight is 262 g/mol. The van der Waals surface area contributed by atoms with E-state index in [2.05, 4.69) is 53.7 Å². The van der Waals surface area contributed by atoms with Gasteiger partial charge in [-0.3, -0.25) is 0 Å². The maximum atomic E-state index is 5.59. The van der Waals surface area contributed by atoms with Gasteiger partial charge in [0, 0.05) is 0 Å². The standard InChI is InChI=1S/C9H13PSSe/c1-8(2)10(11,12)9-6-4-3-5-7-9/h3-8H,1-2H3,(H,11,12)/p-1. The monoisotopic (exact) mass is 263 g/mol. The third kappa shape index (κ3) is 2.26. The Morgan fingerprint density at radius 3 is 2.17 bits per heavy atom. The van der Waals surface area contributed by atoms with E-state index in [-0.39, 0.29) is 0 Å². The third-order valence-corrected chi connectivity index (χ3v) is 10.1. The molecular formula is C9H12PSSe-. The number of rotatable bonds is 2. The Labute approximate surface area is 88.1 Å². The van der Waals surface area contributed by atoms with Gasteiger partial charge in [-0.2, -0.15) is 0 Å². The summed E-state index contributed by atoms with van der Waals surface area (Å²) in [6.45, 7) is 4.37. The van der Waals surface area contributed by atoms with E-state index in [1.54, 1.807) is 0 Å². The molecule has 12 heavy (non-hydrogen) atoms. The van der Waals surface area contributed by atoms with Crippen LogP contribution in [0.2, 0.25) is 0 Å². The van der Waals surface area contributed by atoms with E-state index in [1.807, 2.05) is 6.07 Å². The molecule has 0 amide bonds. The van der Waals surface area contributed by atoms with Crippen LogP contribution in [0.15, 0.2) is 30.3 Å². The molecule has 0 bridgehead atoms.